The number of aryl methyl sites for hydroxylation is 1. The van der Waals surface area contributed by atoms with E-state index in [1.807, 2.05) is 23.9 Å². The number of halogens is 3. The molecule has 1 unspecified atom stereocenters. The maximum absolute atomic E-state index is 12.8. The van der Waals surface area contributed by atoms with Gasteiger partial charge in [-0.25, -0.2) is 13.1 Å². The first kappa shape index (κ1) is 19.4. The molecule has 0 radical (unpaired) electrons. The fraction of sp³-hybridized carbons (Fsp3) is 0.222. The summed E-state index contributed by atoms with van der Waals surface area (Å²) in [7, 11) is -2.32. The molecule has 27 heavy (non-hydrogen) atoms. The molecule has 3 rings (SSSR count). The quantitative estimate of drug-likeness (QED) is 0.693. The fourth-order valence-electron chi connectivity index (χ4n) is 2.74. The van der Waals surface area contributed by atoms with Gasteiger partial charge in [0.05, 0.1) is 16.6 Å². The molecule has 0 fully saturated rings. The molecule has 0 aliphatic rings. The number of alkyl halides is 3. The Morgan fingerprint density at radius 1 is 1.15 bits per heavy atom. The Balaban J connectivity index is 1.76. The van der Waals surface area contributed by atoms with Crippen LogP contribution in [0.25, 0.3) is 10.9 Å². The molecule has 2 N–H and O–H groups in total. The molecule has 0 aliphatic carbocycles. The number of hydrogen-bond acceptors (Lipinski definition) is 3. The highest BCUT2D eigenvalue weighted by Crippen LogP contribution is 2.30. The van der Waals surface area contributed by atoms with Gasteiger partial charge < -0.3 is 9.67 Å². The number of aliphatic hydroxyl groups is 1. The van der Waals surface area contributed by atoms with E-state index in [-0.39, 0.29) is 6.54 Å². The van der Waals surface area contributed by atoms with Crippen LogP contribution in [0.5, 0.6) is 0 Å². The van der Waals surface area contributed by atoms with Crippen LogP contribution in [0.4, 0.5) is 13.2 Å². The third-order valence-electron chi connectivity index (χ3n) is 4.23. The van der Waals surface area contributed by atoms with E-state index in [0.29, 0.717) is 11.6 Å². The molecule has 1 aromatic heterocycles. The van der Waals surface area contributed by atoms with Crippen LogP contribution < -0.4 is 4.72 Å². The number of rotatable bonds is 5. The van der Waals surface area contributed by atoms with Crippen LogP contribution in [0.2, 0.25) is 0 Å². The minimum atomic E-state index is -4.64. The third-order valence-corrected chi connectivity index (χ3v) is 5.65. The number of aromatic nitrogens is 1. The van der Waals surface area contributed by atoms with Crippen LogP contribution in [0.1, 0.15) is 17.2 Å². The molecule has 0 spiro atoms. The van der Waals surface area contributed by atoms with Crippen LogP contribution >= 0.6 is 0 Å². The van der Waals surface area contributed by atoms with Crippen molar-refractivity contribution in [3.8, 4) is 0 Å². The van der Waals surface area contributed by atoms with Crippen LogP contribution in [-0.4, -0.2) is 24.6 Å². The summed E-state index contributed by atoms with van der Waals surface area (Å²) in [6.07, 6.45) is -3.93. The van der Waals surface area contributed by atoms with Crippen molar-refractivity contribution >= 4 is 20.9 Å². The van der Waals surface area contributed by atoms with Gasteiger partial charge in [0.25, 0.3) is 0 Å². The minimum absolute atomic E-state index is 0.364. The van der Waals surface area contributed by atoms with Crippen molar-refractivity contribution < 1.29 is 26.7 Å². The lowest BCUT2D eigenvalue weighted by Gasteiger charge is -2.14. The molecule has 1 heterocycles. The van der Waals surface area contributed by atoms with Crippen molar-refractivity contribution in [3.63, 3.8) is 0 Å². The smallest absolute Gasteiger partial charge is 0.387 e. The standard InChI is InChI=1S/C18H17F3N2O3S/c1-23-8-7-12-9-13(5-6-16(12)23)17(24)11-22-27(25,26)15-4-2-3-14(10-15)18(19,20)21/h2-10,17,22,24H,11H2,1H3. The van der Waals surface area contributed by atoms with E-state index < -0.39 is 32.8 Å². The summed E-state index contributed by atoms with van der Waals surface area (Å²) in [6, 6.07) is 10.5. The lowest BCUT2D eigenvalue weighted by molar-refractivity contribution is -0.137. The summed E-state index contributed by atoms with van der Waals surface area (Å²) in [5, 5.41) is 11.2. The summed E-state index contributed by atoms with van der Waals surface area (Å²) in [5.74, 6) is 0. The Morgan fingerprint density at radius 2 is 1.89 bits per heavy atom. The molecular formula is C18H17F3N2O3S. The molecule has 0 amide bonds. The molecule has 1 atom stereocenters. The Morgan fingerprint density at radius 3 is 2.59 bits per heavy atom. The van der Waals surface area contributed by atoms with Gasteiger partial charge in [0.15, 0.2) is 0 Å². The minimum Gasteiger partial charge on any atom is -0.387 e. The van der Waals surface area contributed by atoms with Crippen LogP contribution in [0.3, 0.4) is 0 Å². The Kier molecular flexibility index (Phi) is 5.02. The van der Waals surface area contributed by atoms with Crippen molar-refractivity contribution in [2.24, 2.45) is 7.05 Å². The number of sulfonamides is 1. The maximum atomic E-state index is 12.8. The van der Waals surface area contributed by atoms with E-state index in [2.05, 4.69) is 4.72 Å². The molecule has 5 nitrogen and oxygen atoms in total. The Hall–Kier alpha value is -2.36. The summed E-state index contributed by atoms with van der Waals surface area (Å²) in [4.78, 5) is -0.511. The van der Waals surface area contributed by atoms with E-state index in [4.69, 9.17) is 0 Å². The van der Waals surface area contributed by atoms with Crippen LogP contribution in [0.15, 0.2) is 59.6 Å². The first-order valence-corrected chi connectivity index (χ1v) is 9.46. The maximum Gasteiger partial charge on any atom is 0.416 e. The van der Waals surface area contributed by atoms with Crippen molar-refractivity contribution in [1.29, 1.82) is 0 Å². The average Bonchev–Trinajstić information content (AvgIpc) is 2.99. The van der Waals surface area contributed by atoms with Crippen molar-refractivity contribution in [1.82, 2.24) is 9.29 Å². The highest BCUT2D eigenvalue weighted by Gasteiger charge is 2.31. The number of benzene rings is 2. The van der Waals surface area contributed by atoms with Crippen molar-refractivity contribution in [2.45, 2.75) is 17.2 Å². The monoisotopic (exact) mass is 398 g/mol. The predicted molar refractivity (Wildman–Crippen MR) is 94.5 cm³/mol. The second-order valence-corrected chi connectivity index (χ2v) is 7.91. The average molecular weight is 398 g/mol. The van der Waals surface area contributed by atoms with Crippen molar-refractivity contribution in [2.75, 3.05) is 6.54 Å². The SMILES string of the molecule is Cn1ccc2cc(C(O)CNS(=O)(=O)c3cccc(C(F)(F)F)c3)ccc21. The molecule has 2 aromatic carbocycles. The van der Waals surface area contributed by atoms with E-state index in [9.17, 15) is 26.7 Å². The molecular weight excluding hydrogens is 381 g/mol. The second-order valence-electron chi connectivity index (χ2n) is 6.14. The number of nitrogens with one attached hydrogen (secondary N) is 1. The summed E-state index contributed by atoms with van der Waals surface area (Å²) >= 11 is 0. The van der Waals surface area contributed by atoms with Gasteiger partial charge in [-0.2, -0.15) is 13.2 Å². The van der Waals surface area contributed by atoms with E-state index in [1.54, 1.807) is 18.2 Å². The van der Waals surface area contributed by atoms with Gasteiger partial charge >= 0.3 is 6.18 Å². The van der Waals surface area contributed by atoms with Crippen LogP contribution in [0, 0.1) is 0 Å². The Labute approximate surface area is 154 Å². The highest BCUT2D eigenvalue weighted by molar-refractivity contribution is 7.89. The molecule has 0 saturated heterocycles. The summed E-state index contributed by atoms with van der Waals surface area (Å²) in [6.45, 7) is -0.364. The zero-order valence-corrected chi connectivity index (χ0v) is 15.1. The zero-order valence-electron chi connectivity index (χ0n) is 14.2. The van der Waals surface area contributed by atoms with E-state index >= 15 is 0 Å². The molecule has 0 bridgehead atoms. The van der Waals surface area contributed by atoms with E-state index in [0.717, 1.165) is 29.1 Å². The lowest BCUT2D eigenvalue weighted by atomic mass is 10.1. The second kappa shape index (κ2) is 6.99. The van der Waals surface area contributed by atoms with Gasteiger partial charge in [0.1, 0.15) is 0 Å². The molecule has 9 heteroatoms. The third kappa shape index (κ3) is 4.15. The molecule has 0 saturated carbocycles. The van der Waals surface area contributed by atoms with Gasteiger partial charge in [0.2, 0.25) is 10.0 Å². The molecule has 0 aliphatic heterocycles. The number of hydrogen-bond donors (Lipinski definition) is 2. The predicted octanol–water partition coefficient (Wildman–Crippen LogP) is 3.21. The fourth-order valence-corrected chi connectivity index (χ4v) is 3.82. The highest BCUT2D eigenvalue weighted by atomic mass is 32.2. The number of fused-ring (bicyclic) bond motifs is 1. The zero-order chi connectivity index (χ0) is 19.8. The van der Waals surface area contributed by atoms with Gasteiger partial charge in [-0.1, -0.05) is 12.1 Å². The first-order valence-electron chi connectivity index (χ1n) is 7.98. The van der Waals surface area contributed by atoms with Crippen molar-refractivity contribution in [3.05, 3.63) is 65.9 Å². The number of nitrogens with zero attached hydrogens (tertiary/aromatic N) is 1. The van der Waals surface area contributed by atoms with Gasteiger partial charge in [-0.15, -0.1) is 0 Å². The van der Waals surface area contributed by atoms with E-state index in [1.165, 1.54) is 0 Å². The van der Waals surface area contributed by atoms with Gasteiger partial charge in [0, 0.05) is 25.3 Å². The lowest BCUT2D eigenvalue weighted by Crippen LogP contribution is -2.28. The number of aliphatic hydroxyl groups excluding tert-OH is 1. The molecule has 3 aromatic rings. The summed E-state index contributed by atoms with van der Waals surface area (Å²) in [5.41, 5.74) is 0.399. The summed E-state index contributed by atoms with van der Waals surface area (Å²) < 4.78 is 66.9. The van der Waals surface area contributed by atoms with Crippen LogP contribution in [-0.2, 0) is 23.2 Å². The largest absolute Gasteiger partial charge is 0.416 e. The topological polar surface area (TPSA) is 71.3 Å². The first-order chi connectivity index (χ1) is 12.6. The van der Waals surface area contributed by atoms with Gasteiger partial charge in [-0.05, 0) is 47.3 Å². The van der Waals surface area contributed by atoms with Gasteiger partial charge in [-0.3, -0.25) is 0 Å². The normalized spacial score (nSPS) is 13.8. The Bertz CT molecular complexity index is 1070. The molecule has 144 valence electrons.